The first-order chi connectivity index (χ1) is 19.2. The first kappa shape index (κ1) is 47.1. The molecule has 13 heteroatoms. The average molecular weight is 744 g/mol. The second-order valence-electron chi connectivity index (χ2n) is 18.2. The summed E-state index contributed by atoms with van der Waals surface area (Å²) in [6, 6.07) is 2.30. The van der Waals surface area contributed by atoms with Gasteiger partial charge in [0, 0.05) is 20.3 Å². The molecule has 0 heterocycles. The van der Waals surface area contributed by atoms with Crippen LogP contribution in [0.1, 0.15) is 54.4 Å². The maximum absolute atomic E-state index is 6.54. The van der Waals surface area contributed by atoms with Crippen LogP contribution in [0.4, 0.5) is 0 Å². The van der Waals surface area contributed by atoms with Gasteiger partial charge >= 0.3 is 17.1 Å². The molecule has 0 radical (unpaired) electrons. The van der Waals surface area contributed by atoms with Crippen LogP contribution in [0.25, 0.3) is 0 Å². The fourth-order valence-electron chi connectivity index (χ4n) is 4.36. The zero-order valence-corrected chi connectivity index (χ0v) is 40.5. The minimum Gasteiger partial charge on any atom is -0.456 e. The molecule has 0 aromatic heterocycles. The van der Waals surface area contributed by atoms with Crippen LogP contribution in [-0.4, -0.2) is 79.0 Å². The van der Waals surface area contributed by atoms with Crippen LogP contribution >= 0.6 is 0 Å². The summed E-state index contributed by atoms with van der Waals surface area (Å²) in [5, 5.41) is 0.577. The quantitative estimate of drug-likeness (QED) is 0.103. The predicted octanol–water partition coefficient (Wildman–Crippen LogP) is 11.2. The summed E-state index contributed by atoms with van der Waals surface area (Å²) in [7, 11) is -10.8. The molecule has 0 N–H and O–H groups in total. The van der Waals surface area contributed by atoms with Crippen LogP contribution in [0.2, 0.25) is 114 Å². The van der Waals surface area contributed by atoms with Gasteiger partial charge in [0.05, 0.1) is 0 Å². The molecule has 0 saturated carbocycles. The van der Waals surface area contributed by atoms with Crippen molar-refractivity contribution in [1.29, 1.82) is 0 Å². The zero-order chi connectivity index (χ0) is 35.7. The van der Waals surface area contributed by atoms with Crippen molar-refractivity contribution in [3.8, 4) is 0 Å². The Morgan fingerprint density at radius 2 is 0.886 bits per heavy atom. The minimum atomic E-state index is -2.31. The van der Waals surface area contributed by atoms with E-state index in [9.17, 15) is 0 Å². The van der Waals surface area contributed by atoms with Crippen molar-refractivity contribution in [3.05, 3.63) is 12.3 Å². The molecule has 0 aliphatic heterocycles. The summed E-state index contributed by atoms with van der Waals surface area (Å²) in [5.74, 6) is 0. The normalized spacial score (nSPS) is 15.8. The lowest BCUT2D eigenvalue weighted by Gasteiger charge is -2.38. The molecule has 0 rings (SSSR count). The summed E-state index contributed by atoms with van der Waals surface area (Å²) < 4.78 is 37.3. The largest absolute Gasteiger partial charge is 0.456 e. The molecule has 0 aliphatic carbocycles. The molecular weight excluding hydrogens is 665 g/mol. The highest BCUT2D eigenvalue weighted by molar-refractivity contribution is 6.88. The molecule has 0 fully saturated rings. The fourth-order valence-corrected chi connectivity index (χ4v) is 26.6. The third-order valence-corrected chi connectivity index (χ3v) is 34.9. The van der Waals surface area contributed by atoms with Crippen LogP contribution < -0.4 is 0 Å². The van der Waals surface area contributed by atoms with Crippen molar-refractivity contribution < 1.29 is 25.6 Å². The third kappa shape index (κ3) is 20.4. The van der Waals surface area contributed by atoms with Gasteiger partial charge in [-0.2, -0.15) is 0 Å². The monoisotopic (exact) mass is 742 g/mol. The summed E-state index contributed by atoms with van der Waals surface area (Å²) in [4.78, 5) is 0. The van der Waals surface area contributed by atoms with Crippen molar-refractivity contribution in [3.63, 3.8) is 0 Å². The van der Waals surface area contributed by atoms with Gasteiger partial charge in [-0.1, -0.05) is 47.2 Å². The molecule has 1 atom stereocenters. The van der Waals surface area contributed by atoms with Gasteiger partial charge in [-0.25, -0.2) is 0 Å². The molecule has 0 bridgehead atoms. The maximum atomic E-state index is 6.54. The van der Waals surface area contributed by atoms with Crippen LogP contribution in [0, 0.1) is 0 Å². The van der Waals surface area contributed by atoms with E-state index in [2.05, 4.69) is 133 Å². The van der Waals surface area contributed by atoms with Gasteiger partial charge in [-0.05, 0) is 127 Å². The molecule has 0 spiro atoms. The van der Waals surface area contributed by atoms with Crippen LogP contribution in [-0.2, 0) is 25.6 Å². The van der Waals surface area contributed by atoms with E-state index in [0.29, 0.717) is 5.04 Å². The molecular formula is C31H78O6Si7. The summed E-state index contributed by atoms with van der Waals surface area (Å²) in [6.45, 7) is 50.9. The van der Waals surface area contributed by atoms with Gasteiger partial charge in [-0.3, -0.25) is 0 Å². The molecule has 266 valence electrons. The van der Waals surface area contributed by atoms with Gasteiger partial charge < -0.3 is 25.6 Å². The molecule has 44 heavy (non-hydrogen) atoms. The smallest absolute Gasteiger partial charge is 0.352 e. The Morgan fingerprint density at radius 1 is 0.545 bits per heavy atom. The summed E-state index contributed by atoms with van der Waals surface area (Å²) in [6.07, 6.45) is 2.20. The second kappa shape index (κ2) is 17.6. The highest BCUT2D eigenvalue weighted by Gasteiger charge is 2.42. The topological polar surface area (TPSA) is 55.4 Å². The number of hydrogen-bond donors (Lipinski definition) is 0. The van der Waals surface area contributed by atoms with E-state index in [4.69, 9.17) is 25.6 Å². The Kier molecular flexibility index (Phi) is 18.9. The van der Waals surface area contributed by atoms with Crippen LogP contribution in [0.15, 0.2) is 12.3 Å². The van der Waals surface area contributed by atoms with Gasteiger partial charge in [0.25, 0.3) is 0 Å². The Morgan fingerprint density at radius 3 is 1.16 bits per heavy atom. The van der Waals surface area contributed by atoms with Crippen molar-refractivity contribution in [1.82, 2.24) is 0 Å². The Hall–Kier alpha value is 1.02. The van der Waals surface area contributed by atoms with Crippen molar-refractivity contribution in [2.75, 3.05) is 20.3 Å². The molecule has 1 unspecified atom stereocenters. The molecule has 6 nitrogen and oxygen atoms in total. The summed E-state index contributed by atoms with van der Waals surface area (Å²) >= 11 is 0. The van der Waals surface area contributed by atoms with E-state index in [1.165, 1.54) is 6.04 Å². The van der Waals surface area contributed by atoms with Crippen LogP contribution in [0.3, 0.4) is 0 Å². The lowest BCUT2D eigenvalue weighted by atomic mass is 10.2. The first-order valence-electron chi connectivity index (χ1n) is 16.7. The van der Waals surface area contributed by atoms with E-state index in [-0.39, 0.29) is 5.04 Å². The standard InChI is InChI=1S/C17H42O4Si4.C14H36O2Si3/c1-13-25(12,18-5)21-24(10,11)20-22(6,7)16-14-15-19-23(8,9)17(2,3)4;1-14(2,3)19(9,10)15-12-11-13-18(7,8)16-17(4,5)6/h13H,1,14-16H2,2-12H3;11-13H2,1-10H3. The van der Waals surface area contributed by atoms with E-state index < -0.39 is 58.7 Å². The van der Waals surface area contributed by atoms with E-state index in [0.717, 1.165) is 32.1 Å². The number of hydrogen-bond acceptors (Lipinski definition) is 6. The molecule has 0 saturated heterocycles. The lowest BCUT2D eigenvalue weighted by Crippen LogP contribution is -2.53. The average Bonchev–Trinajstić information content (AvgIpc) is 2.76. The van der Waals surface area contributed by atoms with Crippen molar-refractivity contribution >= 4 is 58.7 Å². The highest BCUT2D eigenvalue weighted by atomic mass is 28.5. The molecule has 0 aliphatic rings. The minimum absolute atomic E-state index is 0.263. The Bertz CT molecular complexity index is 844. The second-order valence-corrected chi connectivity index (χ2v) is 48.2. The maximum Gasteiger partial charge on any atom is 0.352 e. The number of rotatable bonds is 18. The molecule has 0 aromatic rings. The first-order valence-corrected chi connectivity index (χ1v) is 37.4. The van der Waals surface area contributed by atoms with Gasteiger partial charge in [0.1, 0.15) is 0 Å². The van der Waals surface area contributed by atoms with Gasteiger partial charge in [0.15, 0.2) is 41.6 Å². The third-order valence-electron chi connectivity index (χ3n) is 8.71. The van der Waals surface area contributed by atoms with Crippen molar-refractivity contribution in [2.24, 2.45) is 0 Å². The summed E-state index contributed by atoms with van der Waals surface area (Å²) in [5.41, 5.74) is 1.83. The van der Waals surface area contributed by atoms with E-state index in [1.54, 1.807) is 7.11 Å². The predicted molar refractivity (Wildman–Crippen MR) is 213 cm³/mol. The Labute approximate surface area is 283 Å². The molecule has 0 aromatic carbocycles. The zero-order valence-electron chi connectivity index (χ0n) is 33.5. The van der Waals surface area contributed by atoms with Crippen LogP contribution in [0.5, 0.6) is 0 Å². The SMILES string of the molecule is C=C[Si](C)(OC)O[Si](C)(C)O[Si](C)(C)CCCO[Si](C)(C)C(C)(C)C.CC(C)(C)[Si](C)(C)OCCC[Si](C)(C)O[Si](C)(C)C. The van der Waals surface area contributed by atoms with Crippen molar-refractivity contribution in [2.45, 2.75) is 168 Å². The molecule has 0 amide bonds. The van der Waals surface area contributed by atoms with E-state index >= 15 is 0 Å². The fraction of sp³-hybridized carbons (Fsp3) is 0.935. The van der Waals surface area contributed by atoms with E-state index in [1.807, 2.05) is 12.2 Å². The van der Waals surface area contributed by atoms with Gasteiger partial charge in [0.2, 0.25) is 0 Å². The highest BCUT2D eigenvalue weighted by Crippen LogP contribution is 2.37. The lowest BCUT2D eigenvalue weighted by molar-refractivity contribution is 0.277. The Balaban J connectivity index is 0. The van der Waals surface area contributed by atoms with Gasteiger partial charge in [-0.15, -0.1) is 6.58 Å².